The fraction of sp³-hybridized carbons (Fsp3) is 0.250. The number of aliphatic hydroxyl groups excluding tert-OH is 1. The van der Waals surface area contributed by atoms with Gasteiger partial charge in [-0.3, -0.25) is 9.59 Å². The van der Waals surface area contributed by atoms with E-state index < -0.39 is 17.8 Å². The molecule has 0 fully saturated rings. The third-order valence-corrected chi connectivity index (χ3v) is 3.10. The minimum atomic E-state index is -0.964. The number of amides is 1. The number of carbonyl (C=O) groups is 1. The summed E-state index contributed by atoms with van der Waals surface area (Å²) in [4.78, 5) is 23.3. The van der Waals surface area contributed by atoms with Gasteiger partial charge in [0.1, 0.15) is 24.3 Å². The van der Waals surface area contributed by atoms with E-state index in [0.29, 0.717) is 5.75 Å². The molecule has 0 aliphatic heterocycles. The molecule has 1 aromatic heterocycles. The van der Waals surface area contributed by atoms with Crippen LogP contribution >= 0.6 is 0 Å². The highest BCUT2D eigenvalue weighted by Crippen LogP contribution is 2.11. The molecule has 0 saturated carbocycles. The number of benzene rings is 1. The van der Waals surface area contributed by atoms with Gasteiger partial charge in [0.2, 0.25) is 0 Å². The first-order chi connectivity index (χ1) is 11.0. The van der Waals surface area contributed by atoms with Gasteiger partial charge in [0.25, 0.3) is 11.5 Å². The number of aromatic nitrogens is 1. The smallest absolute Gasteiger partial charge is 0.251 e. The standard InChI is InChI=1S/C16H17FN2O4/c1-19-6-5-11(7-15(19)21)16(22)18-9-13(20)10-23-14-4-2-3-12(17)8-14/h2-8,13,20H,9-10H2,1H3,(H,18,22)/t13-/m1/s1. The van der Waals surface area contributed by atoms with Crippen LogP contribution in [0.4, 0.5) is 4.39 Å². The summed E-state index contributed by atoms with van der Waals surface area (Å²) in [5, 5.41) is 12.3. The largest absolute Gasteiger partial charge is 0.491 e. The number of hydrogen-bond acceptors (Lipinski definition) is 4. The molecule has 2 N–H and O–H groups in total. The number of nitrogens with one attached hydrogen (secondary N) is 1. The maximum Gasteiger partial charge on any atom is 0.251 e. The van der Waals surface area contributed by atoms with Gasteiger partial charge in [0, 0.05) is 37.5 Å². The van der Waals surface area contributed by atoms with Crippen molar-refractivity contribution in [1.82, 2.24) is 9.88 Å². The SMILES string of the molecule is Cn1ccc(C(=O)NC[C@@H](O)COc2cccc(F)c2)cc1=O. The molecular weight excluding hydrogens is 303 g/mol. The summed E-state index contributed by atoms with van der Waals surface area (Å²) in [6, 6.07) is 8.26. The lowest BCUT2D eigenvalue weighted by molar-refractivity contribution is 0.0843. The van der Waals surface area contributed by atoms with Gasteiger partial charge in [0.05, 0.1) is 0 Å². The van der Waals surface area contributed by atoms with Gasteiger partial charge in [0.15, 0.2) is 0 Å². The number of pyridine rings is 1. The maximum atomic E-state index is 13.0. The molecule has 1 heterocycles. The van der Waals surface area contributed by atoms with Crippen LogP contribution in [0.2, 0.25) is 0 Å². The van der Waals surface area contributed by atoms with E-state index in [9.17, 15) is 19.1 Å². The van der Waals surface area contributed by atoms with Gasteiger partial charge in [-0.05, 0) is 18.2 Å². The highest BCUT2D eigenvalue weighted by atomic mass is 19.1. The van der Waals surface area contributed by atoms with Crippen molar-refractivity contribution in [1.29, 1.82) is 0 Å². The normalized spacial score (nSPS) is 11.8. The maximum absolute atomic E-state index is 13.0. The first-order valence-electron chi connectivity index (χ1n) is 6.97. The molecular formula is C16H17FN2O4. The van der Waals surface area contributed by atoms with Gasteiger partial charge in [-0.2, -0.15) is 0 Å². The Morgan fingerprint density at radius 3 is 2.87 bits per heavy atom. The Balaban J connectivity index is 1.81. The minimum Gasteiger partial charge on any atom is -0.491 e. The highest BCUT2D eigenvalue weighted by Gasteiger charge is 2.10. The second-order valence-electron chi connectivity index (χ2n) is 5.00. The van der Waals surface area contributed by atoms with Gasteiger partial charge >= 0.3 is 0 Å². The number of halogens is 1. The van der Waals surface area contributed by atoms with Crippen LogP contribution in [0.1, 0.15) is 10.4 Å². The monoisotopic (exact) mass is 320 g/mol. The molecule has 0 aliphatic carbocycles. The minimum absolute atomic E-state index is 0.0522. The molecule has 0 unspecified atom stereocenters. The first-order valence-corrected chi connectivity index (χ1v) is 6.97. The highest BCUT2D eigenvalue weighted by molar-refractivity contribution is 5.93. The van der Waals surface area contributed by atoms with E-state index in [2.05, 4.69) is 5.32 Å². The van der Waals surface area contributed by atoms with Gasteiger partial charge in [-0.1, -0.05) is 6.07 Å². The molecule has 2 rings (SSSR count). The third-order valence-electron chi connectivity index (χ3n) is 3.10. The van der Waals surface area contributed by atoms with Crippen LogP contribution in [-0.4, -0.2) is 34.8 Å². The van der Waals surface area contributed by atoms with E-state index in [1.54, 1.807) is 13.1 Å². The lowest BCUT2D eigenvalue weighted by atomic mass is 10.2. The van der Waals surface area contributed by atoms with Crippen LogP contribution in [0.25, 0.3) is 0 Å². The second-order valence-corrected chi connectivity index (χ2v) is 5.00. The second kappa shape index (κ2) is 7.55. The number of nitrogens with zero attached hydrogens (tertiary/aromatic N) is 1. The van der Waals surface area contributed by atoms with E-state index in [4.69, 9.17) is 4.74 Å². The fourth-order valence-corrected chi connectivity index (χ4v) is 1.81. The Morgan fingerprint density at radius 2 is 2.17 bits per heavy atom. The molecule has 0 bridgehead atoms. The van der Waals surface area contributed by atoms with E-state index in [0.717, 1.165) is 0 Å². The summed E-state index contributed by atoms with van der Waals surface area (Å²) >= 11 is 0. The first kappa shape index (κ1) is 16.7. The van der Waals surface area contributed by atoms with Crippen LogP contribution in [0.3, 0.4) is 0 Å². The van der Waals surface area contributed by atoms with Gasteiger partial charge in [-0.15, -0.1) is 0 Å². The zero-order valence-corrected chi connectivity index (χ0v) is 12.5. The summed E-state index contributed by atoms with van der Waals surface area (Å²) in [6.07, 6.45) is 0.523. The summed E-state index contributed by atoms with van der Waals surface area (Å²) in [6.45, 7) is -0.149. The van der Waals surface area contributed by atoms with Crippen LogP contribution in [-0.2, 0) is 7.05 Å². The third kappa shape index (κ3) is 4.93. The number of ether oxygens (including phenoxy) is 1. The summed E-state index contributed by atoms with van der Waals surface area (Å²) in [5.41, 5.74) is -0.0843. The topological polar surface area (TPSA) is 80.6 Å². The number of aliphatic hydroxyl groups is 1. The van der Waals surface area contributed by atoms with Gasteiger partial charge in [-0.25, -0.2) is 4.39 Å². The Labute approximate surface area is 132 Å². The van der Waals surface area contributed by atoms with E-state index in [-0.39, 0.29) is 24.3 Å². The molecule has 1 amide bonds. The Kier molecular flexibility index (Phi) is 5.48. The van der Waals surface area contributed by atoms with Crippen molar-refractivity contribution in [2.45, 2.75) is 6.10 Å². The van der Waals surface area contributed by atoms with E-state index >= 15 is 0 Å². The number of carbonyl (C=O) groups excluding carboxylic acids is 1. The zero-order chi connectivity index (χ0) is 16.8. The molecule has 2 aromatic rings. The summed E-state index contributed by atoms with van der Waals surface area (Å²) < 4.78 is 19.5. The van der Waals surface area contributed by atoms with Crippen LogP contribution in [0.5, 0.6) is 5.75 Å². The van der Waals surface area contributed by atoms with Crippen molar-refractivity contribution in [2.24, 2.45) is 7.05 Å². The molecule has 7 heteroatoms. The molecule has 23 heavy (non-hydrogen) atoms. The summed E-state index contributed by atoms with van der Waals surface area (Å²) in [7, 11) is 1.58. The van der Waals surface area contributed by atoms with Crippen molar-refractivity contribution < 1.29 is 19.0 Å². The molecule has 6 nitrogen and oxygen atoms in total. The number of hydrogen-bond donors (Lipinski definition) is 2. The van der Waals surface area contributed by atoms with Gasteiger partial charge < -0.3 is 19.7 Å². The number of aryl methyl sites for hydroxylation is 1. The predicted molar refractivity (Wildman–Crippen MR) is 81.9 cm³/mol. The fourth-order valence-electron chi connectivity index (χ4n) is 1.81. The molecule has 0 aliphatic rings. The molecule has 1 atom stereocenters. The van der Waals surface area contributed by atoms with Crippen molar-refractivity contribution in [2.75, 3.05) is 13.2 Å². The van der Waals surface area contributed by atoms with E-state index in [1.807, 2.05) is 0 Å². The zero-order valence-electron chi connectivity index (χ0n) is 12.5. The predicted octanol–water partition coefficient (Wildman–Crippen LogP) is 0.694. The van der Waals surface area contributed by atoms with Crippen molar-refractivity contribution in [3.63, 3.8) is 0 Å². The lowest BCUT2D eigenvalue weighted by Gasteiger charge is -2.13. The van der Waals surface area contributed by atoms with Crippen LogP contribution in [0.15, 0.2) is 47.4 Å². The Bertz CT molecular complexity index is 745. The quantitative estimate of drug-likeness (QED) is 0.821. The number of rotatable bonds is 6. The summed E-state index contributed by atoms with van der Waals surface area (Å²) in [5.74, 6) is -0.606. The lowest BCUT2D eigenvalue weighted by Crippen LogP contribution is -2.35. The average molecular weight is 320 g/mol. The molecule has 0 saturated heterocycles. The Hall–Kier alpha value is -2.67. The van der Waals surface area contributed by atoms with E-state index in [1.165, 1.54) is 41.1 Å². The molecule has 0 spiro atoms. The van der Waals surface area contributed by atoms with Crippen LogP contribution < -0.4 is 15.6 Å². The average Bonchev–Trinajstić information content (AvgIpc) is 2.53. The van der Waals surface area contributed by atoms with Crippen molar-refractivity contribution >= 4 is 5.91 Å². The Morgan fingerprint density at radius 1 is 1.39 bits per heavy atom. The molecule has 122 valence electrons. The molecule has 0 radical (unpaired) electrons. The molecule has 1 aromatic carbocycles. The van der Waals surface area contributed by atoms with Crippen molar-refractivity contribution in [3.8, 4) is 5.75 Å². The van der Waals surface area contributed by atoms with Crippen molar-refractivity contribution in [3.05, 3.63) is 64.3 Å². The van der Waals surface area contributed by atoms with Crippen LogP contribution in [0, 0.1) is 5.82 Å².